The van der Waals surface area contributed by atoms with Gasteiger partial charge in [-0.15, -0.1) is 0 Å². The van der Waals surface area contributed by atoms with Crippen molar-refractivity contribution < 1.29 is 9.90 Å². The molecule has 28 heavy (non-hydrogen) atoms. The van der Waals surface area contributed by atoms with E-state index in [0.717, 1.165) is 11.3 Å². The SMILES string of the molecule is Cc1ccc(-n2[nH]c3c(cnc4ccc(C(=O)NC[C@@H](C)O)cc43)c2=O)cc1. The minimum Gasteiger partial charge on any atom is -0.392 e. The first-order valence-corrected chi connectivity index (χ1v) is 9.01. The van der Waals surface area contributed by atoms with Crippen molar-refractivity contribution in [3.05, 3.63) is 70.1 Å². The maximum atomic E-state index is 12.8. The fourth-order valence-corrected chi connectivity index (χ4v) is 3.12. The van der Waals surface area contributed by atoms with Gasteiger partial charge >= 0.3 is 0 Å². The average Bonchev–Trinajstić information content (AvgIpc) is 3.03. The summed E-state index contributed by atoms with van der Waals surface area (Å²) in [5.74, 6) is -0.292. The standard InChI is InChI=1S/C21H20N4O3/c1-12-3-6-15(7-4-12)25-21(28)17-11-22-18-8-5-14(9-16(18)19(17)24-25)20(27)23-10-13(2)26/h3-9,11,13,24,26H,10H2,1-2H3,(H,23,27)/t13-/m1/s1. The lowest BCUT2D eigenvalue weighted by Crippen LogP contribution is -2.30. The molecule has 0 saturated heterocycles. The zero-order chi connectivity index (χ0) is 19.8. The lowest BCUT2D eigenvalue weighted by Gasteiger charge is -2.08. The number of aryl methyl sites for hydroxylation is 1. The molecule has 2 aromatic heterocycles. The van der Waals surface area contributed by atoms with E-state index in [0.29, 0.717) is 27.4 Å². The number of aromatic nitrogens is 3. The molecular formula is C21H20N4O3. The van der Waals surface area contributed by atoms with Gasteiger partial charge in [-0.25, -0.2) is 4.68 Å². The number of H-pyrrole nitrogens is 1. The van der Waals surface area contributed by atoms with Crippen LogP contribution in [0.3, 0.4) is 0 Å². The summed E-state index contributed by atoms with van der Waals surface area (Å²) in [4.78, 5) is 29.5. The van der Waals surface area contributed by atoms with Crippen molar-refractivity contribution in [3.8, 4) is 5.69 Å². The number of aromatic amines is 1. The third-order valence-corrected chi connectivity index (χ3v) is 4.64. The highest BCUT2D eigenvalue weighted by molar-refractivity contribution is 6.06. The Balaban J connectivity index is 1.85. The van der Waals surface area contributed by atoms with Gasteiger partial charge in [0.15, 0.2) is 0 Å². The zero-order valence-corrected chi connectivity index (χ0v) is 15.6. The first-order valence-electron chi connectivity index (χ1n) is 9.01. The molecule has 7 nitrogen and oxygen atoms in total. The Bertz CT molecular complexity index is 1240. The number of nitrogens with one attached hydrogen (secondary N) is 2. The molecule has 0 saturated carbocycles. The number of nitrogens with zero attached hydrogens (tertiary/aromatic N) is 2. The van der Waals surface area contributed by atoms with Crippen molar-refractivity contribution in [1.29, 1.82) is 0 Å². The number of hydrogen-bond acceptors (Lipinski definition) is 4. The van der Waals surface area contributed by atoms with Crippen molar-refractivity contribution in [3.63, 3.8) is 0 Å². The van der Waals surface area contributed by atoms with Gasteiger partial charge in [-0.2, -0.15) is 0 Å². The van der Waals surface area contributed by atoms with E-state index in [-0.39, 0.29) is 18.0 Å². The van der Waals surface area contributed by atoms with Crippen molar-refractivity contribution in [2.45, 2.75) is 20.0 Å². The van der Waals surface area contributed by atoms with Gasteiger partial charge in [0, 0.05) is 23.7 Å². The lowest BCUT2D eigenvalue weighted by molar-refractivity contribution is 0.0924. The van der Waals surface area contributed by atoms with Crippen LogP contribution >= 0.6 is 0 Å². The number of aliphatic hydroxyl groups is 1. The number of amides is 1. The van der Waals surface area contributed by atoms with E-state index in [4.69, 9.17) is 0 Å². The summed E-state index contributed by atoms with van der Waals surface area (Å²) in [7, 11) is 0. The predicted octanol–water partition coefficient (Wildman–Crippen LogP) is 2.29. The molecule has 0 radical (unpaired) electrons. The molecule has 3 N–H and O–H groups in total. The van der Waals surface area contributed by atoms with Gasteiger partial charge < -0.3 is 10.4 Å². The zero-order valence-electron chi connectivity index (χ0n) is 15.6. The quantitative estimate of drug-likeness (QED) is 0.509. The van der Waals surface area contributed by atoms with Gasteiger partial charge in [-0.1, -0.05) is 17.7 Å². The molecule has 1 atom stereocenters. The summed E-state index contributed by atoms with van der Waals surface area (Å²) in [6.45, 7) is 3.76. The second kappa shape index (κ2) is 6.94. The molecule has 142 valence electrons. The maximum absolute atomic E-state index is 12.8. The summed E-state index contributed by atoms with van der Waals surface area (Å²) < 4.78 is 1.48. The number of carbonyl (C=O) groups is 1. The van der Waals surface area contributed by atoms with Crippen LogP contribution in [0.4, 0.5) is 0 Å². The predicted molar refractivity (Wildman–Crippen MR) is 108 cm³/mol. The molecule has 4 aromatic rings. The van der Waals surface area contributed by atoms with Gasteiger partial charge in [0.25, 0.3) is 11.5 Å². The first kappa shape index (κ1) is 17.9. The number of fused-ring (bicyclic) bond motifs is 3. The molecule has 2 aromatic carbocycles. The Morgan fingerprint density at radius 2 is 1.96 bits per heavy atom. The van der Waals surface area contributed by atoms with Crippen LogP contribution in [0.5, 0.6) is 0 Å². The Labute approximate surface area is 160 Å². The summed E-state index contributed by atoms with van der Waals surface area (Å²) in [5, 5.41) is 16.3. The van der Waals surface area contributed by atoms with Crippen LogP contribution in [0.2, 0.25) is 0 Å². The van der Waals surface area contributed by atoms with Crippen LogP contribution in [-0.4, -0.2) is 38.4 Å². The van der Waals surface area contributed by atoms with Gasteiger partial charge in [0.2, 0.25) is 0 Å². The monoisotopic (exact) mass is 376 g/mol. The van der Waals surface area contributed by atoms with Gasteiger partial charge in [0.05, 0.1) is 28.2 Å². The molecule has 0 aliphatic rings. The largest absolute Gasteiger partial charge is 0.392 e. The van der Waals surface area contributed by atoms with Crippen molar-refractivity contribution in [2.24, 2.45) is 0 Å². The lowest BCUT2D eigenvalue weighted by atomic mass is 10.1. The van der Waals surface area contributed by atoms with Crippen LogP contribution in [-0.2, 0) is 0 Å². The summed E-state index contributed by atoms with van der Waals surface area (Å²) in [6, 6.07) is 12.7. The van der Waals surface area contributed by atoms with Crippen LogP contribution in [0.25, 0.3) is 27.5 Å². The molecule has 2 heterocycles. The molecule has 0 fully saturated rings. The highest BCUT2D eigenvalue weighted by Crippen LogP contribution is 2.22. The minimum atomic E-state index is -0.627. The molecule has 0 unspecified atom stereocenters. The third-order valence-electron chi connectivity index (χ3n) is 4.64. The van der Waals surface area contributed by atoms with Crippen LogP contribution in [0, 0.1) is 6.92 Å². The minimum absolute atomic E-state index is 0.167. The van der Waals surface area contributed by atoms with E-state index in [9.17, 15) is 14.7 Å². The van der Waals surface area contributed by atoms with E-state index < -0.39 is 6.10 Å². The first-order chi connectivity index (χ1) is 13.4. The van der Waals surface area contributed by atoms with E-state index >= 15 is 0 Å². The topological polar surface area (TPSA) is 100 Å². The highest BCUT2D eigenvalue weighted by Gasteiger charge is 2.14. The summed E-state index contributed by atoms with van der Waals surface area (Å²) >= 11 is 0. The van der Waals surface area contributed by atoms with E-state index in [2.05, 4.69) is 15.4 Å². The van der Waals surface area contributed by atoms with Crippen molar-refractivity contribution in [1.82, 2.24) is 20.1 Å². The molecular weight excluding hydrogens is 356 g/mol. The second-order valence-electron chi connectivity index (χ2n) is 6.93. The molecule has 1 amide bonds. The molecule has 0 aliphatic carbocycles. The van der Waals surface area contributed by atoms with Crippen LogP contribution in [0.15, 0.2) is 53.5 Å². The fourth-order valence-electron chi connectivity index (χ4n) is 3.12. The number of hydrogen-bond donors (Lipinski definition) is 3. The number of aliphatic hydroxyl groups excluding tert-OH is 1. The number of rotatable bonds is 4. The number of carbonyl (C=O) groups excluding carboxylic acids is 1. The van der Waals surface area contributed by atoms with E-state index in [1.807, 2.05) is 31.2 Å². The van der Waals surface area contributed by atoms with E-state index in [1.165, 1.54) is 4.68 Å². The number of pyridine rings is 1. The molecule has 0 spiro atoms. The Kier molecular flexibility index (Phi) is 4.44. The Morgan fingerprint density at radius 1 is 1.21 bits per heavy atom. The fraction of sp³-hybridized carbons (Fsp3) is 0.190. The average molecular weight is 376 g/mol. The van der Waals surface area contributed by atoms with Gasteiger partial charge in [0.1, 0.15) is 0 Å². The molecule has 7 heteroatoms. The highest BCUT2D eigenvalue weighted by atomic mass is 16.3. The van der Waals surface area contributed by atoms with Crippen molar-refractivity contribution in [2.75, 3.05) is 6.54 Å². The van der Waals surface area contributed by atoms with Crippen LogP contribution in [0.1, 0.15) is 22.8 Å². The van der Waals surface area contributed by atoms with Crippen LogP contribution < -0.4 is 10.9 Å². The van der Waals surface area contributed by atoms with Gasteiger partial charge in [-0.05, 0) is 44.2 Å². The normalized spacial score (nSPS) is 12.4. The maximum Gasteiger partial charge on any atom is 0.280 e. The van der Waals surface area contributed by atoms with E-state index in [1.54, 1.807) is 31.3 Å². The Morgan fingerprint density at radius 3 is 2.68 bits per heavy atom. The smallest absolute Gasteiger partial charge is 0.280 e. The second-order valence-corrected chi connectivity index (χ2v) is 6.93. The third kappa shape index (κ3) is 3.16. The van der Waals surface area contributed by atoms with Crippen molar-refractivity contribution >= 4 is 27.7 Å². The summed E-state index contributed by atoms with van der Waals surface area (Å²) in [6.07, 6.45) is 0.923. The van der Waals surface area contributed by atoms with Gasteiger partial charge in [-0.3, -0.25) is 19.7 Å². The summed E-state index contributed by atoms with van der Waals surface area (Å²) in [5.41, 5.74) is 3.37. The molecule has 0 aliphatic heterocycles. The molecule has 0 bridgehead atoms. The Hall–Kier alpha value is -3.45. The number of benzene rings is 2. The molecule has 4 rings (SSSR count).